The van der Waals surface area contributed by atoms with Crippen LogP contribution in [0.15, 0.2) is 30.5 Å². The first kappa shape index (κ1) is 28.0. The van der Waals surface area contributed by atoms with Crippen LogP contribution in [0.2, 0.25) is 0 Å². The summed E-state index contributed by atoms with van der Waals surface area (Å²) in [5.41, 5.74) is 10.2. The van der Waals surface area contributed by atoms with Crippen LogP contribution in [-0.4, -0.2) is 56.9 Å². The fraction of sp³-hybridized carbons (Fsp3) is 0.630. The number of benzene rings is 1. The van der Waals surface area contributed by atoms with Crippen molar-refractivity contribution in [1.82, 2.24) is 16.0 Å². The van der Waals surface area contributed by atoms with Crippen LogP contribution in [0.4, 0.5) is 5.69 Å². The molecule has 2 rings (SSSR count). The van der Waals surface area contributed by atoms with Gasteiger partial charge in [-0.25, -0.2) is 0 Å². The largest absolute Gasteiger partial charge is 0.384 e. The smallest absolute Gasteiger partial charge is 0.151 e. The van der Waals surface area contributed by atoms with Gasteiger partial charge in [-0.2, -0.15) is 0 Å². The van der Waals surface area contributed by atoms with E-state index in [1.807, 2.05) is 6.92 Å². The van der Waals surface area contributed by atoms with Crippen molar-refractivity contribution in [3.05, 3.63) is 41.6 Å². The van der Waals surface area contributed by atoms with E-state index < -0.39 is 0 Å². The number of nitrogens with one attached hydrogen (secondary N) is 4. The Morgan fingerprint density at radius 2 is 2.06 bits per heavy atom. The van der Waals surface area contributed by atoms with Gasteiger partial charge in [-0.3, -0.25) is 9.59 Å². The van der Waals surface area contributed by atoms with Crippen molar-refractivity contribution in [2.24, 2.45) is 11.7 Å². The van der Waals surface area contributed by atoms with Gasteiger partial charge in [-0.15, -0.1) is 0 Å². The van der Waals surface area contributed by atoms with Gasteiger partial charge >= 0.3 is 0 Å². The zero-order chi connectivity index (χ0) is 24.9. The molecule has 0 amide bonds. The van der Waals surface area contributed by atoms with E-state index in [0.717, 1.165) is 44.6 Å². The van der Waals surface area contributed by atoms with Gasteiger partial charge in [0.15, 0.2) is 5.78 Å². The Labute approximate surface area is 205 Å². The molecule has 7 nitrogen and oxygen atoms in total. The van der Waals surface area contributed by atoms with Gasteiger partial charge in [0.2, 0.25) is 0 Å². The first-order valence-corrected chi connectivity index (χ1v) is 12.7. The number of Topliss-reactive ketones (excluding diaryl/α,β-unsaturated/α-hetero) is 2. The Morgan fingerprint density at radius 3 is 2.79 bits per heavy atom. The summed E-state index contributed by atoms with van der Waals surface area (Å²) in [6.07, 6.45) is 3.49. The molecule has 0 radical (unpaired) electrons. The monoisotopic (exact) mass is 471 g/mol. The number of anilines is 1. The second-order valence-electron chi connectivity index (χ2n) is 9.79. The highest BCUT2D eigenvalue weighted by molar-refractivity contribution is 5.84. The minimum absolute atomic E-state index is 0.159. The molecule has 7 heteroatoms. The van der Waals surface area contributed by atoms with E-state index in [4.69, 9.17) is 5.73 Å². The average molecular weight is 472 g/mol. The number of hydrogen-bond donors (Lipinski definition) is 5. The summed E-state index contributed by atoms with van der Waals surface area (Å²) in [6, 6.07) is 6.40. The van der Waals surface area contributed by atoms with E-state index in [0.29, 0.717) is 44.3 Å². The van der Waals surface area contributed by atoms with Crippen molar-refractivity contribution in [2.75, 3.05) is 44.6 Å². The van der Waals surface area contributed by atoms with E-state index in [9.17, 15) is 9.59 Å². The molecule has 0 saturated carbocycles. The van der Waals surface area contributed by atoms with Crippen LogP contribution in [0.1, 0.15) is 63.0 Å². The summed E-state index contributed by atoms with van der Waals surface area (Å²) in [4.78, 5) is 25.1. The summed E-state index contributed by atoms with van der Waals surface area (Å²) in [7, 11) is 0. The normalized spacial score (nSPS) is 16.4. The lowest BCUT2D eigenvalue weighted by Crippen LogP contribution is -2.41. The molecule has 1 heterocycles. The summed E-state index contributed by atoms with van der Waals surface area (Å²) in [5, 5.41) is 13.2. The van der Waals surface area contributed by atoms with Crippen LogP contribution in [0.3, 0.4) is 0 Å². The van der Waals surface area contributed by atoms with Gasteiger partial charge in [0.1, 0.15) is 5.78 Å². The summed E-state index contributed by atoms with van der Waals surface area (Å²) < 4.78 is 0. The second kappa shape index (κ2) is 14.9. The molecule has 1 aromatic carbocycles. The molecular formula is C27H45N5O2. The quantitative estimate of drug-likeness (QED) is 0.210. The zero-order valence-corrected chi connectivity index (χ0v) is 21.3. The summed E-state index contributed by atoms with van der Waals surface area (Å²) in [5.74, 6) is 1.18. The number of carbonyl (C=O) groups is 2. The van der Waals surface area contributed by atoms with Crippen LogP contribution in [0.25, 0.3) is 0 Å². The lowest BCUT2D eigenvalue weighted by molar-refractivity contribution is -0.122. The predicted octanol–water partition coefficient (Wildman–Crippen LogP) is 2.86. The highest BCUT2D eigenvalue weighted by Gasteiger charge is 2.26. The Hall–Kier alpha value is -2.22. The molecule has 190 valence electrons. The molecule has 34 heavy (non-hydrogen) atoms. The average Bonchev–Trinajstić information content (AvgIpc) is 3.17. The fourth-order valence-corrected chi connectivity index (χ4v) is 4.54. The van der Waals surface area contributed by atoms with Crippen molar-refractivity contribution < 1.29 is 9.59 Å². The molecule has 0 aromatic heterocycles. The fourth-order valence-electron chi connectivity index (χ4n) is 4.54. The number of rotatable bonds is 18. The topological polar surface area (TPSA) is 108 Å². The van der Waals surface area contributed by atoms with Gasteiger partial charge in [0, 0.05) is 49.8 Å². The van der Waals surface area contributed by atoms with Crippen LogP contribution in [0, 0.1) is 12.8 Å². The third kappa shape index (κ3) is 9.95. The van der Waals surface area contributed by atoms with E-state index in [1.54, 1.807) is 0 Å². The third-order valence-corrected chi connectivity index (χ3v) is 6.35. The standard InChI is InChI=1S/C27H45N5O2/c1-19(2)31-18-23(33)6-5-11-30-25(9-12-29-13-10-28)27(34)16-21(4)14-22-17-32-26-15-20(3)7-8-24(22)26/h7-8,15,21-22,25,29-32H,1,5-6,9-14,16-18,28H2,2-4H3/t21-,22?,25-/m0/s1. The Balaban J connectivity index is 1.82. The van der Waals surface area contributed by atoms with Crippen molar-refractivity contribution in [2.45, 2.75) is 64.8 Å². The van der Waals surface area contributed by atoms with Crippen molar-refractivity contribution >= 4 is 17.3 Å². The van der Waals surface area contributed by atoms with Gasteiger partial charge in [0.05, 0.1) is 12.6 Å². The van der Waals surface area contributed by atoms with Crippen molar-refractivity contribution in [3.8, 4) is 0 Å². The molecule has 1 aliphatic rings. The van der Waals surface area contributed by atoms with E-state index in [1.165, 1.54) is 16.8 Å². The molecule has 0 fully saturated rings. The maximum atomic E-state index is 13.2. The number of carbonyl (C=O) groups excluding carboxylic acids is 2. The van der Waals surface area contributed by atoms with Crippen molar-refractivity contribution in [1.29, 1.82) is 0 Å². The molecule has 6 N–H and O–H groups in total. The van der Waals surface area contributed by atoms with E-state index in [2.05, 4.69) is 59.9 Å². The highest BCUT2D eigenvalue weighted by atomic mass is 16.1. The third-order valence-electron chi connectivity index (χ3n) is 6.35. The summed E-state index contributed by atoms with van der Waals surface area (Å²) in [6.45, 7) is 13.9. The van der Waals surface area contributed by atoms with Crippen molar-refractivity contribution in [3.63, 3.8) is 0 Å². The van der Waals surface area contributed by atoms with E-state index >= 15 is 0 Å². The lowest BCUT2D eigenvalue weighted by Gasteiger charge is -2.22. The zero-order valence-electron chi connectivity index (χ0n) is 21.3. The maximum Gasteiger partial charge on any atom is 0.151 e. The summed E-state index contributed by atoms with van der Waals surface area (Å²) >= 11 is 0. The molecule has 0 saturated heterocycles. The first-order valence-electron chi connectivity index (χ1n) is 12.7. The van der Waals surface area contributed by atoms with Crippen LogP contribution < -0.4 is 27.0 Å². The predicted molar refractivity (Wildman–Crippen MR) is 141 cm³/mol. The molecule has 0 bridgehead atoms. The van der Waals surface area contributed by atoms with Crippen LogP contribution in [0.5, 0.6) is 0 Å². The number of ketones is 2. The van der Waals surface area contributed by atoms with E-state index in [-0.39, 0.29) is 17.6 Å². The number of nitrogens with two attached hydrogens (primary N) is 1. The first-order chi connectivity index (χ1) is 16.3. The number of hydrogen-bond acceptors (Lipinski definition) is 7. The molecule has 3 atom stereocenters. The van der Waals surface area contributed by atoms with Crippen LogP contribution >= 0.6 is 0 Å². The number of fused-ring (bicyclic) bond motifs is 1. The minimum Gasteiger partial charge on any atom is -0.384 e. The van der Waals surface area contributed by atoms with Crippen LogP contribution in [-0.2, 0) is 9.59 Å². The maximum absolute atomic E-state index is 13.2. The molecule has 1 aromatic rings. The Morgan fingerprint density at radius 1 is 1.26 bits per heavy atom. The second-order valence-corrected chi connectivity index (χ2v) is 9.79. The Kier molecular flexibility index (Phi) is 12.3. The van der Waals surface area contributed by atoms with Gasteiger partial charge in [0.25, 0.3) is 0 Å². The van der Waals surface area contributed by atoms with Gasteiger partial charge in [-0.05, 0) is 69.3 Å². The lowest BCUT2D eigenvalue weighted by atomic mass is 9.87. The van der Waals surface area contributed by atoms with Gasteiger partial charge < -0.3 is 27.0 Å². The number of aryl methyl sites for hydroxylation is 1. The minimum atomic E-state index is -0.201. The number of allylic oxidation sites excluding steroid dienone is 1. The molecule has 1 unspecified atom stereocenters. The SMILES string of the molecule is C=C(C)NCC(=O)CCCN[C@@H](CCNCCN)C(=O)C[C@@H](C)CC1CNc2cc(C)ccc21. The Bertz CT molecular complexity index is 810. The molecule has 0 aliphatic carbocycles. The highest BCUT2D eigenvalue weighted by Crippen LogP contribution is 2.36. The molecule has 1 aliphatic heterocycles. The molecule has 0 spiro atoms. The molecular weight excluding hydrogens is 426 g/mol. The van der Waals surface area contributed by atoms with Gasteiger partial charge in [-0.1, -0.05) is 25.6 Å².